The molecular weight excluding hydrogens is 384 g/mol. The Hall–Kier alpha value is -0.160. The molecule has 6 aliphatic rings. The monoisotopic (exact) mass is 430 g/mol. The minimum atomic E-state index is -0.968. The highest BCUT2D eigenvalue weighted by molar-refractivity contribution is 5.15. The van der Waals surface area contributed by atoms with Crippen LogP contribution in [0.15, 0.2) is 0 Å². The van der Waals surface area contributed by atoms with E-state index in [0.29, 0.717) is 34.6 Å². The van der Waals surface area contributed by atoms with Crippen molar-refractivity contribution in [2.24, 2.45) is 58.0 Å². The van der Waals surface area contributed by atoms with Crippen LogP contribution in [0.2, 0.25) is 0 Å². The molecule has 0 radical (unpaired) electrons. The predicted molar refractivity (Wildman–Crippen MR) is 123 cm³/mol. The third kappa shape index (κ3) is 2.87. The van der Waals surface area contributed by atoms with E-state index in [1.165, 1.54) is 51.4 Å². The summed E-state index contributed by atoms with van der Waals surface area (Å²) in [6, 6.07) is 0.525. The summed E-state index contributed by atoms with van der Waals surface area (Å²) < 4.78 is 6.70. The van der Waals surface area contributed by atoms with Gasteiger partial charge in [0.15, 0.2) is 5.79 Å². The van der Waals surface area contributed by atoms with Gasteiger partial charge in [0.05, 0.1) is 12.1 Å². The highest BCUT2D eigenvalue weighted by Crippen LogP contribution is 2.69. The molecule has 0 aromatic heterocycles. The van der Waals surface area contributed by atoms with Gasteiger partial charge < -0.3 is 20.9 Å². The van der Waals surface area contributed by atoms with E-state index >= 15 is 0 Å². The fourth-order valence-electron chi connectivity index (χ4n) is 10.8. The quantitative estimate of drug-likeness (QED) is 0.536. The second-order valence-corrected chi connectivity index (χ2v) is 13.6. The molecule has 4 aliphatic carbocycles. The Morgan fingerprint density at radius 1 is 0.968 bits per heavy atom. The third-order valence-corrected chi connectivity index (χ3v) is 12.1. The number of fused-ring (bicyclic) bond motifs is 8. The van der Waals surface area contributed by atoms with Gasteiger partial charge in [-0.2, -0.15) is 0 Å². The normalized spacial score (nSPS) is 63.3. The second kappa shape index (κ2) is 6.93. The maximum absolute atomic E-state index is 11.6. The van der Waals surface area contributed by atoms with Gasteiger partial charge in [-0.3, -0.25) is 0 Å². The summed E-state index contributed by atoms with van der Waals surface area (Å²) in [6.45, 7) is 10.9. The molecule has 4 N–H and O–H groups in total. The number of rotatable bonds is 0. The largest absolute Gasteiger partial charge is 0.364 e. The molecule has 4 nitrogen and oxygen atoms in total. The summed E-state index contributed by atoms with van der Waals surface area (Å²) in [5, 5.41) is 15.3. The van der Waals surface area contributed by atoms with E-state index in [1.807, 2.05) is 0 Å². The lowest BCUT2D eigenvalue weighted by atomic mass is 9.44. The van der Waals surface area contributed by atoms with Crippen LogP contribution in [0.1, 0.15) is 85.5 Å². The van der Waals surface area contributed by atoms with Crippen LogP contribution in [0.3, 0.4) is 0 Å². The lowest BCUT2D eigenvalue weighted by molar-refractivity contribution is -0.310. The van der Waals surface area contributed by atoms with Gasteiger partial charge in [0.25, 0.3) is 0 Å². The molecule has 4 saturated carbocycles. The Labute approximate surface area is 189 Å². The molecule has 4 heteroatoms. The maximum Gasteiger partial charge on any atom is 0.181 e. The SMILES string of the molecule is C[C@H]1CN[C@@H]2[C@@H](C)[C@H]3[C@@H](C[C@H]4[C@H]5CC[C@H]6C[C@@H](N)CC[C@]6(C)[C@@H]5CC[C@]34C)O[C@@]2(O)C1. The minimum Gasteiger partial charge on any atom is -0.364 e. The Balaban J connectivity index is 1.30. The van der Waals surface area contributed by atoms with E-state index in [9.17, 15) is 5.11 Å². The summed E-state index contributed by atoms with van der Waals surface area (Å²) in [4.78, 5) is 0. The van der Waals surface area contributed by atoms with Gasteiger partial charge >= 0.3 is 0 Å². The molecule has 176 valence electrons. The van der Waals surface area contributed by atoms with Crippen LogP contribution in [0, 0.1) is 52.3 Å². The summed E-state index contributed by atoms with van der Waals surface area (Å²) in [5.74, 6) is 3.88. The zero-order valence-corrected chi connectivity index (χ0v) is 20.3. The average molecular weight is 431 g/mol. The van der Waals surface area contributed by atoms with Crippen LogP contribution in [-0.4, -0.2) is 35.6 Å². The first-order valence-electron chi connectivity index (χ1n) is 13.5. The zero-order valence-electron chi connectivity index (χ0n) is 20.3. The first-order valence-corrected chi connectivity index (χ1v) is 13.5. The second-order valence-electron chi connectivity index (χ2n) is 13.6. The van der Waals surface area contributed by atoms with Crippen molar-refractivity contribution in [2.75, 3.05) is 6.54 Å². The first-order chi connectivity index (χ1) is 14.7. The standard InChI is InChI=1S/C27H46N2O2/c1-15-13-27(30)24(29-14-15)16(2)23-22(31-27)12-21-19-6-5-17-11-18(28)7-9-25(17,3)20(19)8-10-26(21,23)4/h15-24,29-30H,5-14,28H2,1-4H3/t15-,16+,17+,18+,19+,20-,21+,22-,23+,24-,25+,26+,27+/m1/s1. The topological polar surface area (TPSA) is 67.5 Å². The van der Waals surface area contributed by atoms with Gasteiger partial charge in [0, 0.05) is 12.5 Å². The van der Waals surface area contributed by atoms with E-state index < -0.39 is 5.79 Å². The van der Waals surface area contributed by atoms with Gasteiger partial charge in [-0.15, -0.1) is 0 Å². The molecule has 0 bridgehead atoms. The van der Waals surface area contributed by atoms with E-state index in [1.54, 1.807) is 0 Å². The lowest BCUT2D eigenvalue weighted by Gasteiger charge is -2.62. The van der Waals surface area contributed by atoms with E-state index in [-0.39, 0.29) is 12.1 Å². The number of aliphatic hydroxyl groups is 1. The van der Waals surface area contributed by atoms with Crippen LogP contribution >= 0.6 is 0 Å². The van der Waals surface area contributed by atoms with E-state index in [4.69, 9.17) is 10.5 Å². The Kier molecular flexibility index (Phi) is 4.78. The van der Waals surface area contributed by atoms with Crippen molar-refractivity contribution in [3.05, 3.63) is 0 Å². The minimum absolute atomic E-state index is 0.0892. The molecule has 2 heterocycles. The van der Waals surface area contributed by atoms with Crippen LogP contribution in [-0.2, 0) is 4.74 Å². The van der Waals surface area contributed by atoms with Gasteiger partial charge in [0.1, 0.15) is 0 Å². The fourth-order valence-corrected chi connectivity index (χ4v) is 10.8. The summed E-state index contributed by atoms with van der Waals surface area (Å²) in [6.07, 6.45) is 11.5. The molecule has 6 rings (SSSR count). The van der Waals surface area contributed by atoms with Crippen LogP contribution in [0.5, 0.6) is 0 Å². The van der Waals surface area contributed by atoms with E-state index in [0.717, 1.165) is 36.6 Å². The highest BCUT2D eigenvalue weighted by atomic mass is 16.6. The number of nitrogens with one attached hydrogen (secondary N) is 1. The van der Waals surface area contributed by atoms with Crippen LogP contribution < -0.4 is 11.1 Å². The smallest absolute Gasteiger partial charge is 0.181 e. The summed E-state index contributed by atoms with van der Waals surface area (Å²) in [5.41, 5.74) is 7.27. The number of ether oxygens (including phenoxy) is 1. The third-order valence-electron chi connectivity index (χ3n) is 12.1. The number of hydrogen-bond acceptors (Lipinski definition) is 4. The molecule has 0 unspecified atom stereocenters. The van der Waals surface area contributed by atoms with E-state index in [2.05, 4.69) is 33.0 Å². The van der Waals surface area contributed by atoms with Crippen molar-refractivity contribution in [1.29, 1.82) is 0 Å². The Morgan fingerprint density at radius 3 is 2.55 bits per heavy atom. The molecule has 0 aromatic rings. The molecule has 13 atom stereocenters. The van der Waals surface area contributed by atoms with Crippen molar-refractivity contribution in [1.82, 2.24) is 5.32 Å². The van der Waals surface area contributed by atoms with Crippen molar-refractivity contribution < 1.29 is 9.84 Å². The molecule has 0 amide bonds. The van der Waals surface area contributed by atoms with Gasteiger partial charge in [-0.05, 0) is 110 Å². The zero-order chi connectivity index (χ0) is 21.8. The number of nitrogens with two attached hydrogens (primary N) is 1. The molecule has 6 fully saturated rings. The Morgan fingerprint density at radius 2 is 1.74 bits per heavy atom. The molecule has 31 heavy (non-hydrogen) atoms. The van der Waals surface area contributed by atoms with Crippen molar-refractivity contribution in [3.8, 4) is 0 Å². The van der Waals surface area contributed by atoms with Gasteiger partial charge in [-0.25, -0.2) is 0 Å². The predicted octanol–water partition coefficient (Wildman–Crippen LogP) is 4.30. The molecular formula is C27H46N2O2. The number of piperidine rings is 1. The molecule has 2 saturated heterocycles. The van der Waals surface area contributed by atoms with Crippen molar-refractivity contribution in [3.63, 3.8) is 0 Å². The van der Waals surface area contributed by atoms with Crippen molar-refractivity contribution in [2.45, 2.75) is 109 Å². The van der Waals surface area contributed by atoms with Crippen molar-refractivity contribution >= 4 is 0 Å². The first kappa shape index (κ1) is 21.4. The molecule has 0 aromatic carbocycles. The van der Waals surface area contributed by atoms with Gasteiger partial charge in [0.2, 0.25) is 0 Å². The average Bonchev–Trinajstić information content (AvgIpc) is 2.99. The maximum atomic E-state index is 11.6. The highest BCUT2D eigenvalue weighted by Gasteiger charge is 2.67. The van der Waals surface area contributed by atoms with Crippen LogP contribution in [0.4, 0.5) is 0 Å². The van der Waals surface area contributed by atoms with Gasteiger partial charge in [-0.1, -0.05) is 27.7 Å². The Bertz CT molecular complexity index is 730. The summed E-state index contributed by atoms with van der Waals surface area (Å²) in [7, 11) is 0. The number of hydrogen-bond donors (Lipinski definition) is 3. The molecule has 2 aliphatic heterocycles. The lowest BCUT2D eigenvalue weighted by Crippen LogP contribution is -2.68. The fraction of sp³-hybridized carbons (Fsp3) is 1.00. The summed E-state index contributed by atoms with van der Waals surface area (Å²) >= 11 is 0. The molecule has 0 spiro atoms. The van der Waals surface area contributed by atoms with Crippen LogP contribution in [0.25, 0.3) is 0 Å².